The lowest BCUT2D eigenvalue weighted by Gasteiger charge is -2.13. The van der Waals surface area contributed by atoms with Crippen LogP contribution in [0.25, 0.3) is 0 Å². The zero-order valence-electron chi connectivity index (χ0n) is 16.5. The molecule has 30 heavy (non-hydrogen) atoms. The van der Waals surface area contributed by atoms with E-state index in [9.17, 15) is 13.6 Å². The second-order valence-corrected chi connectivity index (χ2v) is 6.31. The second kappa shape index (κ2) is 10.4. The second-order valence-electron chi connectivity index (χ2n) is 5.51. The van der Waals surface area contributed by atoms with Crippen LogP contribution in [0.5, 0.6) is 11.5 Å². The number of ether oxygens (including phenoxy) is 3. The molecular weight excluding hydrogens is 416 g/mol. The molecule has 1 amide bonds. The smallest absolute Gasteiger partial charge is 0.434 e. The maximum Gasteiger partial charge on any atom is 0.434 e. The Kier molecular flexibility index (Phi) is 7.89. The summed E-state index contributed by atoms with van der Waals surface area (Å²) in [5.41, 5.74) is -0.201. The van der Waals surface area contributed by atoms with Gasteiger partial charge in [0.05, 0.1) is 32.6 Å². The van der Waals surface area contributed by atoms with E-state index in [0.717, 1.165) is 31.0 Å². The molecule has 0 atom stereocenters. The summed E-state index contributed by atoms with van der Waals surface area (Å²) in [6.45, 7) is 0. The number of halogens is 2. The van der Waals surface area contributed by atoms with Gasteiger partial charge in [0, 0.05) is 17.7 Å². The lowest BCUT2D eigenvalue weighted by molar-refractivity contribution is 0.183. The van der Waals surface area contributed by atoms with Gasteiger partial charge >= 0.3 is 6.09 Å². The van der Waals surface area contributed by atoms with Crippen LogP contribution in [-0.4, -0.2) is 44.4 Å². The number of carbonyl (C=O) groups is 1. The molecule has 0 aliphatic heterocycles. The van der Waals surface area contributed by atoms with Gasteiger partial charge in [0.1, 0.15) is 28.5 Å². The molecule has 0 spiro atoms. The van der Waals surface area contributed by atoms with Crippen LogP contribution in [0.3, 0.4) is 0 Å². The van der Waals surface area contributed by atoms with Crippen LogP contribution in [0.15, 0.2) is 40.3 Å². The highest BCUT2D eigenvalue weighted by Crippen LogP contribution is 2.32. The zero-order valence-corrected chi connectivity index (χ0v) is 17.3. The van der Waals surface area contributed by atoms with Crippen molar-refractivity contribution in [1.82, 2.24) is 0 Å². The lowest BCUT2D eigenvalue weighted by Crippen LogP contribution is -2.16. The fraction of sp³-hybridized carbons (Fsp3) is 0.200. The topological polar surface area (TPSA) is 93.3 Å². The zero-order chi connectivity index (χ0) is 22.3. The first-order chi connectivity index (χ1) is 14.4. The fourth-order valence-electron chi connectivity index (χ4n) is 2.38. The maximum absolute atomic E-state index is 14.9. The first-order valence-electron chi connectivity index (χ1n) is 8.29. The monoisotopic (exact) mass is 433 g/mol. The highest BCUT2D eigenvalue weighted by atomic mass is 32.2. The van der Waals surface area contributed by atoms with E-state index in [2.05, 4.69) is 14.7 Å². The van der Waals surface area contributed by atoms with Crippen LogP contribution >= 0.6 is 11.8 Å². The van der Waals surface area contributed by atoms with Crippen LogP contribution in [0, 0.1) is 23.0 Å². The predicted molar refractivity (Wildman–Crippen MR) is 110 cm³/mol. The SMILES string of the molecule is COC(=O)/N=C(\SC)C(=Nc1ccc(C#N)c(F)c1)c1cc(OC)c(OC)cc1F. The number of nitrogens with zero attached hydrogens (tertiary/aromatic N) is 3. The normalized spacial score (nSPS) is 11.6. The van der Waals surface area contributed by atoms with E-state index in [1.54, 1.807) is 12.3 Å². The average molecular weight is 433 g/mol. The van der Waals surface area contributed by atoms with Crippen molar-refractivity contribution in [2.24, 2.45) is 9.98 Å². The summed E-state index contributed by atoms with van der Waals surface area (Å²) in [5, 5.41) is 8.92. The summed E-state index contributed by atoms with van der Waals surface area (Å²) in [4.78, 5) is 19.8. The molecule has 0 N–H and O–H groups in total. The summed E-state index contributed by atoms with van der Waals surface area (Å²) in [5.74, 6) is -1.15. The molecule has 0 aliphatic rings. The van der Waals surface area contributed by atoms with Gasteiger partial charge in [-0.2, -0.15) is 10.3 Å². The van der Waals surface area contributed by atoms with Crippen LogP contribution in [0.2, 0.25) is 0 Å². The number of benzene rings is 2. The van der Waals surface area contributed by atoms with Crippen molar-refractivity contribution in [2.45, 2.75) is 0 Å². The number of amides is 1. The highest BCUT2D eigenvalue weighted by Gasteiger charge is 2.21. The third-order valence-electron chi connectivity index (χ3n) is 3.81. The van der Waals surface area contributed by atoms with E-state index in [4.69, 9.17) is 14.7 Å². The van der Waals surface area contributed by atoms with Gasteiger partial charge in [-0.3, -0.25) is 0 Å². The molecule has 10 heteroatoms. The minimum atomic E-state index is -0.918. The predicted octanol–water partition coefficient (Wildman–Crippen LogP) is 4.50. The maximum atomic E-state index is 14.9. The van der Waals surface area contributed by atoms with E-state index < -0.39 is 17.7 Å². The van der Waals surface area contributed by atoms with Crippen LogP contribution < -0.4 is 9.47 Å². The molecule has 0 heterocycles. The van der Waals surface area contributed by atoms with Gasteiger partial charge < -0.3 is 14.2 Å². The summed E-state index contributed by atoms with van der Waals surface area (Å²) in [6.07, 6.45) is 0.689. The van der Waals surface area contributed by atoms with Crippen molar-refractivity contribution in [3.63, 3.8) is 0 Å². The van der Waals surface area contributed by atoms with Gasteiger partial charge in [-0.25, -0.2) is 18.6 Å². The molecule has 2 aromatic carbocycles. The highest BCUT2D eigenvalue weighted by molar-refractivity contribution is 8.15. The average Bonchev–Trinajstić information content (AvgIpc) is 2.75. The van der Waals surface area contributed by atoms with Gasteiger partial charge in [-0.1, -0.05) is 0 Å². The largest absolute Gasteiger partial charge is 0.493 e. The molecule has 0 aromatic heterocycles. The quantitative estimate of drug-likeness (QED) is 0.509. The van der Waals surface area contributed by atoms with Crippen LogP contribution in [0.1, 0.15) is 11.1 Å². The Balaban J connectivity index is 2.78. The van der Waals surface area contributed by atoms with Gasteiger partial charge in [-0.15, -0.1) is 11.8 Å². The number of rotatable bonds is 5. The van der Waals surface area contributed by atoms with Gasteiger partial charge in [0.2, 0.25) is 0 Å². The molecule has 0 unspecified atom stereocenters. The molecule has 156 valence electrons. The molecule has 0 aliphatic carbocycles. The van der Waals surface area contributed by atoms with Crippen molar-refractivity contribution in [3.05, 3.63) is 53.1 Å². The van der Waals surface area contributed by atoms with Gasteiger partial charge in [-0.05, 0) is 24.5 Å². The summed E-state index contributed by atoms with van der Waals surface area (Å²) >= 11 is 1.01. The van der Waals surface area contributed by atoms with Crippen molar-refractivity contribution in [3.8, 4) is 17.6 Å². The Morgan fingerprint density at radius 3 is 2.27 bits per heavy atom. The summed E-state index contributed by atoms with van der Waals surface area (Å²) in [6, 6.07) is 7.78. The van der Waals surface area contributed by atoms with E-state index >= 15 is 0 Å². The molecule has 0 saturated carbocycles. The van der Waals surface area contributed by atoms with E-state index in [1.807, 2.05) is 0 Å². The third-order valence-corrected chi connectivity index (χ3v) is 4.48. The third kappa shape index (κ3) is 5.12. The molecule has 7 nitrogen and oxygen atoms in total. The van der Waals surface area contributed by atoms with Crippen molar-refractivity contribution in [1.29, 1.82) is 5.26 Å². The number of nitriles is 1. The van der Waals surface area contributed by atoms with E-state index in [-0.39, 0.29) is 39.1 Å². The molecule has 0 fully saturated rings. The molecule has 0 saturated heterocycles. The summed E-state index contributed by atoms with van der Waals surface area (Å²) < 4.78 is 43.8. The minimum Gasteiger partial charge on any atom is -0.493 e. The van der Waals surface area contributed by atoms with Gasteiger partial charge in [0.25, 0.3) is 0 Å². The lowest BCUT2D eigenvalue weighted by atomic mass is 10.1. The number of methoxy groups -OCH3 is 3. The Bertz CT molecular complexity index is 1060. The van der Waals surface area contributed by atoms with Crippen molar-refractivity contribution < 1.29 is 27.8 Å². The van der Waals surface area contributed by atoms with Gasteiger partial charge in [0.15, 0.2) is 11.5 Å². The Hall–Kier alpha value is -3.45. The number of carbonyl (C=O) groups excluding carboxylic acids is 1. The van der Waals surface area contributed by atoms with E-state index in [0.29, 0.717) is 0 Å². The summed E-state index contributed by atoms with van der Waals surface area (Å²) in [7, 11) is 3.88. The van der Waals surface area contributed by atoms with Crippen LogP contribution in [-0.2, 0) is 4.74 Å². The first kappa shape index (κ1) is 22.8. The molecule has 0 bridgehead atoms. The standard InChI is InChI=1S/C20H17F2N3O4S/c1-27-16-8-13(15(22)9-17(16)28-2)18(19(30-4)25-20(26)29-3)24-12-6-5-11(10-23)14(21)7-12/h5-9H,1-4H3/b24-18?,25-19-. The van der Waals surface area contributed by atoms with Crippen LogP contribution in [0.4, 0.5) is 19.3 Å². The number of thioether (sulfide) groups is 1. The first-order valence-corrected chi connectivity index (χ1v) is 9.52. The minimum absolute atomic E-state index is 0.0257. The Morgan fingerprint density at radius 2 is 1.73 bits per heavy atom. The number of hydrogen-bond acceptors (Lipinski definition) is 7. The van der Waals surface area contributed by atoms with Crippen molar-refractivity contribution >= 4 is 34.3 Å². The number of hydrogen-bond donors (Lipinski definition) is 0. The fourth-order valence-corrected chi connectivity index (χ4v) is 2.89. The van der Waals surface area contributed by atoms with Crippen molar-refractivity contribution in [2.75, 3.05) is 27.6 Å². The molecular formula is C20H17F2N3O4S. The molecule has 0 radical (unpaired) electrons. The van der Waals surface area contributed by atoms with E-state index in [1.165, 1.54) is 32.4 Å². The Labute approximate surface area is 176 Å². The molecule has 2 rings (SSSR count). The molecule has 2 aromatic rings. The Morgan fingerprint density at radius 1 is 1.07 bits per heavy atom. The number of aliphatic imine (C=N–C) groups is 2.